The minimum Gasteiger partial charge on any atom is -0.354 e. The van der Waals surface area contributed by atoms with E-state index in [0.29, 0.717) is 5.91 Å². The van der Waals surface area contributed by atoms with Gasteiger partial charge in [0.1, 0.15) is 0 Å². The van der Waals surface area contributed by atoms with Gasteiger partial charge in [-0.25, -0.2) is 0 Å². The molecule has 4 saturated carbocycles. The van der Waals surface area contributed by atoms with Crippen LogP contribution in [0.25, 0.3) is 0 Å². The molecular formula is C16H28N2O. The van der Waals surface area contributed by atoms with Crippen LogP contribution < -0.4 is 10.6 Å². The molecule has 0 unspecified atom stereocenters. The second-order valence-electron chi connectivity index (χ2n) is 7.20. The van der Waals surface area contributed by atoms with E-state index in [1.54, 1.807) is 0 Å². The first kappa shape index (κ1) is 13.4. The molecule has 1 amide bonds. The number of hydrogen-bond donors (Lipinski definition) is 2. The van der Waals surface area contributed by atoms with E-state index in [4.69, 9.17) is 0 Å². The second kappa shape index (κ2) is 5.43. The Morgan fingerprint density at radius 1 is 1.00 bits per heavy atom. The number of nitrogens with one attached hydrogen (secondary N) is 2. The highest BCUT2D eigenvalue weighted by Gasteiger charge is 2.54. The molecule has 0 aromatic heterocycles. The molecule has 4 rings (SSSR count). The third kappa shape index (κ3) is 2.67. The van der Waals surface area contributed by atoms with Gasteiger partial charge < -0.3 is 10.6 Å². The molecule has 3 nitrogen and oxygen atoms in total. The zero-order chi connectivity index (χ0) is 13.3. The molecule has 0 spiro atoms. The summed E-state index contributed by atoms with van der Waals surface area (Å²) in [6.45, 7) is 4.92. The molecule has 0 aromatic carbocycles. The Kier molecular flexibility index (Phi) is 3.84. The Balaban J connectivity index is 1.52. The van der Waals surface area contributed by atoms with Crippen LogP contribution in [0.1, 0.15) is 51.9 Å². The van der Waals surface area contributed by atoms with Crippen molar-refractivity contribution >= 4 is 5.91 Å². The van der Waals surface area contributed by atoms with Crippen LogP contribution in [0.15, 0.2) is 0 Å². The topological polar surface area (TPSA) is 41.1 Å². The van der Waals surface area contributed by atoms with Crippen LogP contribution in [0, 0.1) is 23.2 Å². The molecular weight excluding hydrogens is 236 g/mol. The first-order valence-electron chi connectivity index (χ1n) is 8.21. The minimum atomic E-state index is 0.0273. The van der Waals surface area contributed by atoms with Crippen molar-refractivity contribution in [3.05, 3.63) is 0 Å². The summed E-state index contributed by atoms with van der Waals surface area (Å²) >= 11 is 0. The van der Waals surface area contributed by atoms with Gasteiger partial charge in [-0.15, -0.1) is 0 Å². The molecule has 0 heterocycles. The van der Waals surface area contributed by atoms with Crippen molar-refractivity contribution in [2.24, 2.45) is 23.2 Å². The first-order chi connectivity index (χ1) is 9.22. The minimum absolute atomic E-state index is 0.0273. The first-order valence-corrected chi connectivity index (χ1v) is 8.21. The van der Waals surface area contributed by atoms with E-state index >= 15 is 0 Å². The Morgan fingerprint density at radius 2 is 1.58 bits per heavy atom. The van der Waals surface area contributed by atoms with Crippen molar-refractivity contribution in [1.29, 1.82) is 0 Å². The molecule has 2 N–H and O–H groups in total. The molecule has 4 fully saturated rings. The summed E-state index contributed by atoms with van der Waals surface area (Å²) in [5.74, 6) is 2.94. The second-order valence-corrected chi connectivity index (χ2v) is 7.20. The predicted octanol–water partition coefficient (Wildman–Crippen LogP) is 2.32. The van der Waals surface area contributed by atoms with Crippen molar-refractivity contribution in [3.63, 3.8) is 0 Å². The van der Waals surface area contributed by atoms with E-state index in [9.17, 15) is 4.79 Å². The lowest BCUT2D eigenvalue weighted by Crippen LogP contribution is -2.54. The van der Waals surface area contributed by atoms with Crippen molar-refractivity contribution in [2.45, 2.75) is 51.9 Å². The third-order valence-electron chi connectivity index (χ3n) is 5.53. The number of amides is 1. The highest BCUT2D eigenvalue weighted by Crippen LogP contribution is 2.60. The Morgan fingerprint density at radius 3 is 2.11 bits per heavy atom. The number of carbonyl (C=O) groups excluding carboxylic acids is 1. The summed E-state index contributed by atoms with van der Waals surface area (Å²) in [6, 6.07) is 0. The Bertz CT molecular complexity index is 304. The summed E-state index contributed by atoms with van der Waals surface area (Å²) in [6.07, 6.45) is 8.90. The van der Waals surface area contributed by atoms with Gasteiger partial charge in [-0.3, -0.25) is 4.79 Å². The van der Waals surface area contributed by atoms with Gasteiger partial charge in [-0.1, -0.05) is 6.92 Å². The van der Waals surface area contributed by atoms with Crippen LogP contribution in [0.4, 0.5) is 0 Å². The molecule has 0 saturated heterocycles. The van der Waals surface area contributed by atoms with E-state index in [0.717, 1.165) is 43.8 Å². The van der Waals surface area contributed by atoms with Gasteiger partial charge in [0.25, 0.3) is 0 Å². The SMILES string of the molecule is CCCNCCNC(=O)C12CC3CC(CC(C3)C1)C2. The predicted molar refractivity (Wildman–Crippen MR) is 76.8 cm³/mol. The maximum atomic E-state index is 12.6. The molecule has 0 radical (unpaired) electrons. The molecule has 0 atom stereocenters. The maximum absolute atomic E-state index is 12.6. The lowest BCUT2D eigenvalue weighted by atomic mass is 9.49. The van der Waals surface area contributed by atoms with Gasteiger partial charge in [0.05, 0.1) is 0 Å². The van der Waals surface area contributed by atoms with Gasteiger partial charge in [-0.2, -0.15) is 0 Å². The molecule has 4 aliphatic rings. The standard InChI is InChI=1S/C16H28N2O/c1-2-3-17-4-5-18-15(19)16-9-12-6-13(10-16)8-14(7-12)11-16/h12-14,17H,2-11H2,1H3,(H,18,19). The molecule has 19 heavy (non-hydrogen) atoms. The van der Waals surface area contributed by atoms with Crippen molar-refractivity contribution in [3.8, 4) is 0 Å². The normalized spacial score (nSPS) is 39.5. The maximum Gasteiger partial charge on any atom is 0.226 e. The fraction of sp³-hybridized carbons (Fsp3) is 0.938. The van der Waals surface area contributed by atoms with Gasteiger partial charge in [0.2, 0.25) is 5.91 Å². The van der Waals surface area contributed by atoms with Crippen molar-refractivity contribution < 1.29 is 4.79 Å². The average Bonchev–Trinajstić information content (AvgIpc) is 2.36. The number of hydrogen-bond acceptors (Lipinski definition) is 2. The lowest BCUT2D eigenvalue weighted by molar-refractivity contribution is -0.146. The van der Waals surface area contributed by atoms with Crippen LogP contribution in [0.5, 0.6) is 0 Å². The van der Waals surface area contributed by atoms with Gasteiger partial charge in [0.15, 0.2) is 0 Å². The fourth-order valence-electron chi connectivity index (χ4n) is 5.14. The molecule has 3 heteroatoms. The monoisotopic (exact) mass is 264 g/mol. The van der Waals surface area contributed by atoms with Crippen LogP contribution in [0.3, 0.4) is 0 Å². The fourth-order valence-corrected chi connectivity index (χ4v) is 5.14. The number of rotatable bonds is 6. The highest BCUT2D eigenvalue weighted by atomic mass is 16.2. The van der Waals surface area contributed by atoms with Crippen molar-refractivity contribution in [2.75, 3.05) is 19.6 Å². The van der Waals surface area contributed by atoms with E-state index in [-0.39, 0.29) is 5.41 Å². The van der Waals surface area contributed by atoms with E-state index < -0.39 is 0 Å². The summed E-state index contributed by atoms with van der Waals surface area (Å²) in [7, 11) is 0. The van der Waals surface area contributed by atoms with E-state index in [1.807, 2.05) is 0 Å². The van der Waals surface area contributed by atoms with E-state index in [1.165, 1.54) is 38.5 Å². The van der Waals surface area contributed by atoms with Crippen molar-refractivity contribution in [1.82, 2.24) is 10.6 Å². The van der Waals surface area contributed by atoms with Crippen LogP contribution in [-0.4, -0.2) is 25.5 Å². The number of carbonyl (C=O) groups is 1. The summed E-state index contributed by atoms with van der Waals surface area (Å²) in [4.78, 5) is 12.6. The molecule has 4 aliphatic carbocycles. The van der Waals surface area contributed by atoms with Gasteiger partial charge >= 0.3 is 0 Å². The Hall–Kier alpha value is -0.570. The molecule has 0 aromatic rings. The molecule has 108 valence electrons. The third-order valence-corrected chi connectivity index (χ3v) is 5.53. The van der Waals surface area contributed by atoms with Crippen LogP contribution in [0.2, 0.25) is 0 Å². The zero-order valence-corrected chi connectivity index (χ0v) is 12.2. The largest absolute Gasteiger partial charge is 0.354 e. The summed E-state index contributed by atoms with van der Waals surface area (Å²) in [5, 5.41) is 6.55. The van der Waals surface area contributed by atoms with Crippen LogP contribution in [-0.2, 0) is 4.79 Å². The summed E-state index contributed by atoms with van der Waals surface area (Å²) < 4.78 is 0. The Labute approximate surface area is 116 Å². The quantitative estimate of drug-likeness (QED) is 0.723. The van der Waals surface area contributed by atoms with Gasteiger partial charge in [-0.05, 0) is 69.2 Å². The van der Waals surface area contributed by atoms with Gasteiger partial charge in [0, 0.05) is 18.5 Å². The smallest absolute Gasteiger partial charge is 0.226 e. The van der Waals surface area contributed by atoms with E-state index in [2.05, 4.69) is 17.6 Å². The summed E-state index contributed by atoms with van der Waals surface area (Å²) in [5.41, 5.74) is 0.0273. The highest BCUT2D eigenvalue weighted by molar-refractivity contribution is 5.83. The molecule has 4 bridgehead atoms. The molecule has 0 aliphatic heterocycles. The zero-order valence-electron chi connectivity index (χ0n) is 12.2. The van der Waals surface area contributed by atoms with Crippen LogP contribution >= 0.6 is 0 Å². The lowest BCUT2D eigenvalue weighted by Gasteiger charge is -2.55. The average molecular weight is 264 g/mol.